The van der Waals surface area contributed by atoms with Crippen LogP contribution in [0, 0.1) is 16.7 Å². The summed E-state index contributed by atoms with van der Waals surface area (Å²) in [4.78, 5) is 2.24. The van der Waals surface area contributed by atoms with Gasteiger partial charge in [0, 0.05) is 9.75 Å². The predicted octanol–water partition coefficient (Wildman–Crippen LogP) is 3.43. The maximum atomic E-state index is 10.4. The fourth-order valence-electron chi connectivity index (χ4n) is 2.46. The molecular weight excluding hydrogens is 218 g/mol. The molecule has 1 atom stereocenters. The molecule has 0 spiro atoms. The molecule has 1 aromatic heterocycles. The second-order valence-corrected chi connectivity index (χ2v) is 5.74. The third-order valence-corrected chi connectivity index (χ3v) is 4.82. The van der Waals surface area contributed by atoms with Gasteiger partial charge >= 0.3 is 0 Å². The Labute approximate surface area is 101 Å². The first-order valence-corrected chi connectivity index (χ1v) is 6.71. The Hall–Kier alpha value is -0.850. The van der Waals surface area contributed by atoms with Crippen molar-refractivity contribution in [2.75, 3.05) is 0 Å². The highest BCUT2D eigenvalue weighted by atomic mass is 32.1. The number of rotatable bonds is 3. The smallest absolute Gasteiger partial charge is 0.107 e. The second-order valence-electron chi connectivity index (χ2n) is 4.54. The highest BCUT2D eigenvalue weighted by Crippen LogP contribution is 2.48. The SMILES string of the molecule is CCc1ccc(C(O)C2(C#N)CCCC2)s1. The van der Waals surface area contributed by atoms with Gasteiger partial charge in [0.1, 0.15) is 6.10 Å². The van der Waals surface area contributed by atoms with Crippen LogP contribution in [0.3, 0.4) is 0 Å². The topological polar surface area (TPSA) is 44.0 Å². The molecule has 1 unspecified atom stereocenters. The zero-order valence-corrected chi connectivity index (χ0v) is 10.4. The summed E-state index contributed by atoms with van der Waals surface area (Å²) in [7, 11) is 0. The van der Waals surface area contributed by atoms with Gasteiger partial charge in [-0.15, -0.1) is 11.3 Å². The molecule has 3 heteroatoms. The number of thiophene rings is 1. The molecule has 1 aliphatic rings. The van der Waals surface area contributed by atoms with Crippen molar-refractivity contribution in [3.8, 4) is 6.07 Å². The fourth-order valence-corrected chi connectivity index (χ4v) is 3.51. The molecule has 0 saturated heterocycles. The van der Waals surface area contributed by atoms with Gasteiger partial charge in [-0.05, 0) is 31.4 Å². The normalized spacial score (nSPS) is 20.6. The third kappa shape index (κ3) is 1.88. The molecule has 1 saturated carbocycles. The molecule has 1 aromatic rings. The Morgan fingerprint density at radius 2 is 2.19 bits per heavy atom. The number of nitrogens with zero attached hydrogens (tertiary/aromatic N) is 1. The van der Waals surface area contributed by atoms with E-state index in [1.807, 2.05) is 6.07 Å². The van der Waals surface area contributed by atoms with E-state index in [2.05, 4.69) is 19.1 Å². The molecule has 2 nitrogen and oxygen atoms in total. The van der Waals surface area contributed by atoms with Crippen molar-refractivity contribution in [3.63, 3.8) is 0 Å². The minimum atomic E-state index is -0.592. The van der Waals surface area contributed by atoms with Crippen molar-refractivity contribution in [2.24, 2.45) is 5.41 Å². The van der Waals surface area contributed by atoms with Crippen LogP contribution in [-0.2, 0) is 6.42 Å². The molecule has 0 aliphatic heterocycles. The van der Waals surface area contributed by atoms with Gasteiger partial charge in [-0.2, -0.15) is 5.26 Å². The lowest BCUT2D eigenvalue weighted by atomic mass is 9.81. The Balaban J connectivity index is 2.23. The first kappa shape index (κ1) is 11.6. The summed E-state index contributed by atoms with van der Waals surface area (Å²) >= 11 is 1.64. The zero-order chi connectivity index (χ0) is 11.6. The van der Waals surface area contributed by atoms with Crippen molar-refractivity contribution in [3.05, 3.63) is 21.9 Å². The monoisotopic (exact) mass is 235 g/mol. The van der Waals surface area contributed by atoms with E-state index in [1.165, 1.54) is 4.88 Å². The molecule has 86 valence electrons. The van der Waals surface area contributed by atoms with E-state index in [0.29, 0.717) is 0 Å². The minimum absolute atomic E-state index is 0.518. The molecule has 1 aliphatic carbocycles. The number of aryl methyl sites for hydroxylation is 1. The number of aliphatic hydroxyl groups is 1. The standard InChI is InChI=1S/C13H17NOS/c1-2-10-5-6-11(16-10)12(15)13(9-14)7-3-4-8-13/h5-6,12,15H,2-4,7-8H2,1H3. The number of hydrogen-bond donors (Lipinski definition) is 1. The first-order chi connectivity index (χ1) is 7.72. The summed E-state index contributed by atoms with van der Waals surface area (Å²) in [6.07, 6.45) is 4.21. The van der Waals surface area contributed by atoms with Crippen LogP contribution in [0.25, 0.3) is 0 Å². The van der Waals surface area contributed by atoms with E-state index in [-0.39, 0.29) is 0 Å². The Bertz CT molecular complexity index is 398. The van der Waals surface area contributed by atoms with Crippen LogP contribution >= 0.6 is 11.3 Å². The van der Waals surface area contributed by atoms with Crippen LogP contribution in [0.1, 0.15) is 48.5 Å². The maximum Gasteiger partial charge on any atom is 0.107 e. The minimum Gasteiger partial charge on any atom is -0.386 e. The molecule has 16 heavy (non-hydrogen) atoms. The molecule has 1 heterocycles. The summed E-state index contributed by atoms with van der Waals surface area (Å²) in [6, 6.07) is 6.40. The highest BCUT2D eigenvalue weighted by Gasteiger charge is 2.42. The zero-order valence-electron chi connectivity index (χ0n) is 9.57. The summed E-state index contributed by atoms with van der Waals surface area (Å²) in [5.74, 6) is 0. The molecule has 0 bridgehead atoms. The summed E-state index contributed by atoms with van der Waals surface area (Å²) < 4.78 is 0. The van der Waals surface area contributed by atoms with E-state index in [4.69, 9.17) is 0 Å². The fraction of sp³-hybridized carbons (Fsp3) is 0.615. The lowest BCUT2D eigenvalue weighted by Crippen LogP contribution is -2.23. The van der Waals surface area contributed by atoms with Gasteiger partial charge < -0.3 is 5.11 Å². The van der Waals surface area contributed by atoms with Gasteiger partial charge in [0.15, 0.2) is 0 Å². The predicted molar refractivity (Wildman–Crippen MR) is 65.2 cm³/mol. The second kappa shape index (κ2) is 4.57. The van der Waals surface area contributed by atoms with Crippen LogP contribution < -0.4 is 0 Å². The van der Waals surface area contributed by atoms with E-state index in [1.54, 1.807) is 11.3 Å². The van der Waals surface area contributed by atoms with E-state index >= 15 is 0 Å². The Morgan fingerprint density at radius 3 is 2.69 bits per heavy atom. The van der Waals surface area contributed by atoms with Crippen molar-refractivity contribution in [1.82, 2.24) is 0 Å². The van der Waals surface area contributed by atoms with Crippen LogP contribution in [-0.4, -0.2) is 5.11 Å². The lowest BCUT2D eigenvalue weighted by Gasteiger charge is -2.25. The quantitative estimate of drug-likeness (QED) is 0.872. The van der Waals surface area contributed by atoms with Crippen LogP contribution in [0.4, 0.5) is 0 Å². The summed E-state index contributed by atoms with van der Waals surface area (Å²) in [5.41, 5.74) is -0.518. The van der Waals surface area contributed by atoms with Crippen LogP contribution in [0.15, 0.2) is 12.1 Å². The summed E-state index contributed by atoms with van der Waals surface area (Å²) in [6.45, 7) is 2.11. The van der Waals surface area contributed by atoms with Gasteiger partial charge in [-0.1, -0.05) is 19.8 Å². The van der Waals surface area contributed by atoms with E-state index < -0.39 is 11.5 Å². The Kier molecular flexibility index (Phi) is 3.32. The van der Waals surface area contributed by atoms with Crippen molar-refractivity contribution >= 4 is 11.3 Å². The first-order valence-electron chi connectivity index (χ1n) is 5.90. The summed E-state index contributed by atoms with van der Waals surface area (Å²) in [5, 5.41) is 19.7. The van der Waals surface area contributed by atoms with Gasteiger partial charge in [-0.25, -0.2) is 0 Å². The van der Waals surface area contributed by atoms with Crippen molar-refractivity contribution in [2.45, 2.75) is 45.1 Å². The van der Waals surface area contributed by atoms with Gasteiger partial charge in [0.05, 0.1) is 11.5 Å². The van der Waals surface area contributed by atoms with E-state index in [0.717, 1.165) is 37.0 Å². The van der Waals surface area contributed by atoms with Gasteiger partial charge in [0.2, 0.25) is 0 Å². The lowest BCUT2D eigenvalue weighted by molar-refractivity contribution is 0.0702. The van der Waals surface area contributed by atoms with Crippen LogP contribution in [0.5, 0.6) is 0 Å². The molecule has 0 aromatic carbocycles. The average Bonchev–Trinajstić information content (AvgIpc) is 2.98. The van der Waals surface area contributed by atoms with Crippen molar-refractivity contribution in [1.29, 1.82) is 5.26 Å². The average molecular weight is 235 g/mol. The largest absolute Gasteiger partial charge is 0.386 e. The van der Waals surface area contributed by atoms with E-state index in [9.17, 15) is 10.4 Å². The molecule has 1 fully saturated rings. The molecule has 2 rings (SSSR count). The highest BCUT2D eigenvalue weighted by molar-refractivity contribution is 7.12. The molecule has 0 radical (unpaired) electrons. The number of nitriles is 1. The number of hydrogen-bond acceptors (Lipinski definition) is 3. The van der Waals surface area contributed by atoms with Crippen molar-refractivity contribution < 1.29 is 5.11 Å². The maximum absolute atomic E-state index is 10.4. The molecular formula is C13H17NOS. The van der Waals surface area contributed by atoms with Gasteiger partial charge in [0.25, 0.3) is 0 Å². The third-order valence-electron chi connectivity index (χ3n) is 3.54. The van der Waals surface area contributed by atoms with Crippen LogP contribution in [0.2, 0.25) is 0 Å². The van der Waals surface area contributed by atoms with Gasteiger partial charge in [-0.3, -0.25) is 0 Å². The number of aliphatic hydroxyl groups excluding tert-OH is 1. The molecule has 0 amide bonds. The Morgan fingerprint density at radius 1 is 1.50 bits per heavy atom. The molecule has 1 N–H and O–H groups in total.